The molecule has 1 fully saturated rings. The van der Waals surface area contributed by atoms with Gasteiger partial charge in [-0.2, -0.15) is 0 Å². The molecule has 0 saturated carbocycles. The first kappa shape index (κ1) is 9.66. The minimum absolute atomic E-state index is 0.00403. The van der Waals surface area contributed by atoms with Crippen molar-refractivity contribution in [1.82, 2.24) is 14.9 Å². The average molecular weight is 210 g/mol. The van der Waals surface area contributed by atoms with Crippen LogP contribution < -0.4 is 17.0 Å². The van der Waals surface area contributed by atoms with Gasteiger partial charge in [-0.1, -0.05) is 0 Å². The molecule has 0 aromatic carbocycles. The number of aromatic amines is 2. The second-order valence-electron chi connectivity index (χ2n) is 3.47. The molecule has 0 unspecified atom stereocenters. The summed E-state index contributed by atoms with van der Waals surface area (Å²) in [4.78, 5) is 39.2. The molecular weight excluding hydrogens is 200 g/mol. The number of hydrogen-bond donors (Lipinski definition) is 3. The minimum atomic E-state index is -0.685. The van der Waals surface area contributed by atoms with Gasteiger partial charge in [0.2, 0.25) is 0 Å². The number of hydrogen-bond acceptors (Lipinski definition) is 4. The lowest BCUT2D eigenvalue weighted by Crippen LogP contribution is -2.58. The Labute approximate surface area is 83.9 Å². The Kier molecular flexibility index (Phi) is 2.16. The van der Waals surface area contributed by atoms with E-state index in [-0.39, 0.29) is 17.6 Å². The molecule has 1 aliphatic rings. The summed E-state index contributed by atoms with van der Waals surface area (Å²) >= 11 is 0. The van der Waals surface area contributed by atoms with Crippen molar-refractivity contribution in [1.29, 1.82) is 0 Å². The third kappa shape index (κ3) is 1.82. The Bertz CT molecular complexity index is 469. The van der Waals surface area contributed by atoms with E-state index in [2.05, 4.69) is 4.98 Å². The Balaban J connectivity index is 2.26. The maximum atomic E-state index is 11.6. The largest absolute Gasteiger partial charge is 0.334 e. The second kappa shape index (κ2) is 3.35. The normalized spacial score (nSPS) is 16.2. The monoisotopic (exact) mass is 210 g/mol. The molecule has 0 radical (unpaired) electrons. The van der Waals surface area contributed by atoms with Crippen LogP contribution in [0.5, 0.6) is 0 Å². The highest BCUT2D eigenvalue weighted by atomic mass is 16.2. The summed E-state index contributed by atoms with van der Waals surface area (Å²) in [7, 11) is 0. The van der Waals surface area contributed by atoms with Gasteiger partial charge in [0.15, 0.2) is 0 Å². The lowest BCUT2D eigenvalue weighted by molar-refractivity contribution is 0.0601. The molecule has 1 saturated heterocycles. The summed E-state index contributed by atoms with van der Waals surface area (Å²) in [6.07, 6.45) is 0. The topological polar surface area (TPSA) is 112 Å². The predicted octanol–water partition coefficient (Wildman–Crippen LogP) is -2.15. The van der Waals surface area contributed by atoms with E-state index in [4.69, 9.17) is 5.73 Å². The number of amides is 1. The van der Waals surface area contributed by atoms with Crippen molar-refractivity contribution < 1.29 is 4.79 Å². The van der Waals surface area contributed by atoms with Gasteiger partial charge in [-0.05, 0) is 0 Å². The van der Waals surface area contributed by atoms with E-state index in [0.717, 1.165) is 6.07 Å². The molecule has 7 nitrogen and oxygen atoms in total. The van der Waals surface area contributed by atoms with Crippen molar-refractivity contribution in [3.05, 3.63) is 32.6 Å². The van der Waals surface area contributed by atoms with Crippen LogP contribution in [0.4, 0.5) is 0 Å². The number of H-pyrrole nitrogens is 2. The lowest BCUT2D eigenvalue weighted by Gasteiger charge is -2.36. The Morgan fingerprint density at radius 3 is 2.60 bits per heavy atom. The zero-order valence-electron chi connectivity index (χ0n) is 7.82. The van der Waals surface area contributed by atoms with Gasteiger partial charge in [0.25, 0.3) is 11.5 Å². The maximum absolute atomic E-state index is 11.6. The molecule has 1 aromatic rings. The van der Waals surface area contributed by atoms with Crippen molar-refractivity contribution in [2.45, 2.75) is 6.04 Å². The van der Waals surface area contributed by atoms with Crippen LogP contribution in [0, 0.1) is 0 Å². The molecule has 2 rings (SSSR count). The fourth-order valence-corrected chi connectivity index (χ4v) is 1.43. The van der Waals surface area contributed by atoms with Crippen LogP contribution in [0.1, 0.15) is 10.5 Å². The zero-order chi connectivity index (χ0) is 11.0. The van der Waals surface area contributed by atoms with Crippen LogP contribution in [-0.4, -0.2) is 39.9 Å². The number of carbonyl (C=O) groups is 1. The smallest absolute Gasteiger partial charge is 0.326 e. The molecule has 0 aliphatic carbocycles. The predicted molar refractivity (Wildman–Crippen MR) is 51.6 cm³/mol. The van der Waals surface area contributed by atoms with Crippen LogP contribution in [0.25, 0.3) is 0 Å². The van der Waals surface area contributed by atoms with E-state index in [0.29, 0.717) is 13.1 Å². The fraction of sp³-hybridized carbons (Fsp3) is 0.375. The summed E-state index contributed by atoms with van der Waals surface area (Å²) in [6, 6.07) is 1.05. The molecule has 0 atom stereocenters. The van der Waals surface area contributed by atoms with Crippen LogP contribution in [0.15, 0.2) is 15.7 Å². The van der Waals surface area contributed by atoms with E-state index in [1.165, 1.54) is 4.90 Å². The molecular formula is C8H10N4O3. The molecule has 2 heterocycles. The standard InChI is InChI=1S/C8H10N4O3/c9-4-2-12(3-4)7(14)5-1-6(13)11-8(15)10-5/h1,4H,2-3,9H2,(H2,10,11,13,15). The van der Waals surface area contributed by atoms with Gasteiger partial charge in [-0.25, -0.2) is 4.79 Å². The highest BCUT2D eigenvalue weighted by molar-refractivity contribution is 5.92. The summed E-state index contributed by atoms with van der Waals surface area (Å²) in [6.45, 7) is 0.904. The SMILES string of the molecule is NC1CN(C(=O)c2cc(=O)[nH]c(=O)[nH]2)C1. The summed E-state index contributed by atoms with van der Waals surface area (Å²) in [5.41, 5.74) is 4.23. The maximum Gasteiger partial charge on any atom is 0.326 e. The van der Waals surface area contributed by atoms with Crippen molar-refractivity contribution in [2.75, 3.05) is 13.1 Å². The lowest BCUT2D eigenvalue weighted by atomic mass is 10.1. The first-order chi connectivity index (χ1) is 7.06. The fourth-order valence-electron chi connectivity index (χ4n) is 1.43. The number of nitrogens with two attached hydrogens (primary N) is 1. The Morgan fingerprint density at radius 2 is 2.07 bits per heavy atom. The number of carbonyl (C=O) groups excluding carboxylic acids is 1. The van der Waals surface area contributed by atoms with Crippen molar-refractivity contribution in [3.8, 4) is 0 Å². The van der Waals surface area contributed by atoms with Crippen LogP contribution >= 0.6 is 0 Å². The van der Waals surface area contributed by atoms with E-state index in [1.807, 2.05) is 4.98 Å². The number of likely N-dealkylation sites (tertiary alicyclic amines) is 1. The Hall–Kier alpha value is -1.89. The third-order valence-electron chi connectivity index (χ3n) is 2.19. The Morgan fingerprint density at radius 1 is 1.40 bits per heavy atom. The van der Waals surface area contributed by atoms with E-state index < -0.39 is 11.2 Å². The summed E-state index contributed by atoms with van der Waals surface area (Å²) in [5.74, 6) is -0.375. The van der Waals surface area contributed by atoms with E-state index >= 15 is 0 Å². The van der Waals surface area contributed by atoms with Gasteiger partial charge in [0.1, 0.15) is 5.69 Å². The first-order valence-electron chi connectivity index (χ1n) is 4.45. The van der Waals surface area contributed by atoms with Crippen LogP contribution in [0.2, 0.25) is 0 Å². The molecule has 0 spiro atoms. The first-order valence-corrected chi connectivity index (χ1v) is 4.45. The summed E-state index contributed by atoms with van der Waals surface area (Å²) in [5, 5.41) is 0. The van der Waals surface area contributed by atoms with Crippen molar-refractivity contribution >= 4 is 5.91 Å². The van der Waals surface area contributed by atoms with E-state index in [1.54, 1.807) is 0 Å². The molecule has 1 amide bonds. The van der Waals surface area contributed by atoms with Crippen LogP contribution in [0.3, 0.4) is 0 Å². The van der Waals surface area contributed by atoms with Crippen LogP contribution in [-0.2, 0) is 0 Å². The quantitative estimate of drug-likeness (QED) is 0.490. The molecule has 80 valence electrons. The third-order valence-corrected chi connectivity index (χ3v) is 2.19. The van der Waals surface area contributed by atoms with Gasteiger partial charge >= 0.3 is 5.69 Å². The van der Waals surface area contributed by atoms with Gasteiger partial charge in [-0.15, -0.1) is 0 Å². The molecule has 4 N–H and O–H groups in total. The zero-order valence-corrected chi connectivity index (χ0v) is 7.82. The highest BCUT2D eigenvalue weighted by Gasteiger charge is 2.28. The van der Waals surface area contributed by atoms with Gasteiger partial charge in [-0.3, -0.25) is 14.6 Å². The van der Waals surface area contributed by atoms with Crippen molar-refractivity contribution in [3.63, 3.8) is 0 Å². The minimum Gasteiger partial charge on any atom is -0.334 e. The highest BCUT2D eigenvalue weighted by Crippen LogP contribution is 2.08. The number of aromatic nitrogens is 2. The van der Waals surface area contributed by atoms with Gasteiger partial charge in [0.05, 0.1) is 0 Å². The summed E-state index contributed by atoms with van der Waals surface area (Å²) < 4.78 is 0. The van der Waals surface area contributed by atoms with Gasteiger partial charge in [0, 0.05) is 25.2 Å². The molecule has 1 aliphatic heterocycles. The number of nitrogens with one attached hydrogen (secondary N) is 2. The number of rotatable bonds is 1. The molecule has 1 aromatic heterocycles. The average Bonchev–Trinajstić information content (AvgIpc) is 2.10. The second-order valence-corrected chi connectivity index (χ2v) is 3.47. The molecule has 7 heteroatoms. The molecule has 0 bridgehead atoms. The van der Waals surface area contributed by atoms with Gasteiger partial charge < -0.3 is 15.6 Å². The van der Waals surface area contributed by atoms with E-state index in [9.17, 15) is 14.4 Å². The number of nitrogens with zero attached hydrogens (tertiary/aromatic N) is 1. The van der Waals surface area contributed by atoms with Crippen molar-refractivity contribution in [2.24, 2.45) is 5.73 Å². The molecule has 15 heavy (non-hydrogen) atoms.